The Labute approximate surface area is 115 Å². The Morgan fingerprint density at radius 3 is 2.63 bits per heavy atom. The number of piperidine rings is 1. The Balaban J connectivity index is 2.42. The zero-order valence-electron chi connectivity index (χ0n) is 12.5. The van der Waals surface area contributed by atoms with Crippen molar-refractivity contribution in [1.29, 1.82) is 0 Å². The fraction of sp³-hybridized carbons (Fsp3) is 0.857. The molecule has 0 bridgehead atoms. The topological polar surface area (TPSA) is 58.6 Å². The van der Waals surface area contributed by atoms with Crippen molar-refractivity contribution in [3.05, 3.63) is 0 Å². The molecule has 1 saturated heterocycles. The summed E-state index contributed by atoms with van der Waals surface area (Å²) >= 11 is 0. The van der Waals surface area contributed by atoms with Gasteiger partial charge < -0.3 is 10.1 Å². The first-order valence-corrected chi connectivity index (χ1v) is 7.02. The molecule has 1 aliphatic heterocycles. The van der Waals surface area contributed by atoms with E-state index in [-0.39, 0.29) is 23.3 Å². The maximum Gasteiger partial charge on any atom is 0.310 e. The van der Waals surface area contributed by atoms with Crippen LogP contribution in [-0.2, 0) is 14.3 Å². The molecule has 0 aliphatic carbocycles. The van der Waals surface area contributed by atoms with Gasteiger partial charge in [-0.3, -0.25) is 14.5 Å². The Hall–Kier alpha value is -1.10. The van der Waals surface area contributed by atoms with Crippen molar-refractivity contribution in [3.63, 3.8) is 0 Å². The lowest BCUT2D eigenvalue weighted by Gasteiger charge is -2.32. The molecular weight excluding hydrogens is 244 g/mol. The molecule has 5 heteroatoms. The number of hydrogen-bond acceptors (Lipinski definition) is 4. The summed E-state index contributed by atoms with van der Waals surface area (Å²) in [4.78, 5) is 25.6. The van der Waals surface area contributed by atoms with Crippen molar-refractivity contribution in [1.82, 2.24) is 10.2 Å². The number of carbonyl (C=O) groups excluding carboxylic acids is 2. The highest BCUT2D eigenvalue weighted by Gasteiger charge is 2.28. The fourth-order valence-corrected chi connectivity index (χ4v) is 2.31. The molecule has 0 aromatic heterocycles. The van der Waals surface area contributed by atoms with Gasteiger partial charge in [-0.1, -0.05) is 0 Å². The van der Waals surface area contributed by atoms with Crippen LogP contribution in [0.15, 0.2) is 0 Å². The minimum atomic E-state index is -0.215. The van der Waals surface area contributed by atoms with E-state index in [1.807, 2.05) is 32.6 Å². The normalized spacial score (nSPS) is 20.9. The Bertz CT molecular complexity index is 323. The van der Waals surface area contributed by atoms with Gasteiger partial charge in [0, 0.05) is 12.1 Å². The molecule has 1 unspecified atom stereocenters. The maximum atomic E-state index is 11.9. The molecule has 1 amide bonds. The van der Waals surface area contributed by atoms with E-state index in [4.69, 9.17) is 4.74 Å². The number of nitrogens with one attached hydrogen (secondary N) is 1. The Kier molecular flexibility index (Phi) is 5.79. The van der Waals surface area contributed by atoms with E-state index < -0.39 is 0 Å². The van der Waals surface area contributed by atoms with Crippen molar-refractivity contribution in [2.24, 2.45) is 5.92 Å². The molecule has 1 heterocycles. The lowest BCUT2D eigenvalue weighted by atomic mass is 9.98. The molecule has 1 aliphatic rings. The van der Waals surface area contributed by atoms with Crippen molar-refractivity contribution >= 4 is 11.9 Å². The number of likely N-dealkylation sites (tertiary alicyclic amines) is 1. The Morgan fingerprint density at radius 2 is 2.05 bits per heavy atom. The van der Waals surface area contributed by atoms with Crippen LogP contribution in [0.3, 0.4) is 0 Å². The second-order valence-electron chi connectivity index (χ2n) is 6.12. The number of carbonyl (C=O) groups is 2. The zero-order chi connectivity index (χ0) is 14.5. The van der Waals surface area contributed by atoms with Gasteiger partial charge in [-0.15, -0.1) is 0 Å². The van der Waals surface area contributed by atoms with Gasteiger partial charge in [-0.2, -0.15) is 0 Å². The number of rotatable bonds is 4. The standard InChI is InChI=1S/C14H26N2O3/c1-5-19-13(18)11-7-6-8-16(9-11)10-12(17)15-14(2,3)4/h11H,5-10H2,1-4H3,(H,15,17). The van der Waals surface area contributed by atoms with Gasteiger partial charge in [0.2, 0.25) is 5.91 Å². The van der Waals surface area contributed by atoms with E-state index >= 15 is 0 Å². The summed E-state index contributed by atoms with van der Waals surface area (Å²) in [7, 11) is 0. The highest BCUT2D eigenvalue weighted by atomic mass is 16.5. The molecule has 0 saturated carbocycles. The van der Waals surface area contributed by atoms with Crippen molar-refractivity contribution in [2.75, 3.05) is 26.2 Å². The quantitative estimate of drug-likeness (QED) is 0.779. The summed E-state index contributed by atoms with van der Waals surface area (Å²) in [6.07, 6.45) is 1.79. The van der Waals surface area contributed by atoms with Gasteiger partial charge in [0.25, 0.3) is 0 Å². The van der Waals surface area contributed by atoms with Gasteiger partial charge in [-0.05, 0) is 47.1 Å². The third-order valence-corrected chi connectivity index (χ3v) is 3.01. The predicted octanol–water partition coefficient (Wildman–Crippen LogP) is 1.18. The predicted molar refractivity (Wildman–Crippen MR) is 73.7 cm³/mol. The molecule has 19 heavy (non-hydrogen) atoms. The van der Waals surface area contributed by atoms with Crippen LogP contribution in [-0.4, -0.2) is 48.6 Å². The molecule has 5 nitrogen and oxygen atoms in total. The van der Waals surface area contributed by atoms with Gasteiger partial charge in [-0.25, -0.2) is 0 Å². The summed E-state index contributed by atoms with van der Waals surface area (Å²) in [5.74, 6) is -0.212. The monoisotopic (exact) mass is 270 g/mol. The summed E-state index contributed by atoms with van der Waals surface area (Å²) in [5, 5.41) is 2.94. The van der Waals surface area contributed by atoms with E-state index in [1.165, 1.54) is 0 Å². The average molecular weight is 270 g/mol. The number of esters is 1. The van der Waals surface area contributed by atoms with Crippen LogP contribution in [0.4, 0.5) is 0 Å². The third kappa shape index (κ3) is 6.05. The molecule has 1 atom stereocenters. The second-order valence-corrected chi connectivity index (χ2v) is 6.12. The first-order chi connectivity index (χ1) is 8.81. The first-order valence-electron chi connectivity index (χ1n) is 7.02. The van der Waals surface area contributed by atoms with Gasteiger partial charge in [0.1, 0.15) is 0 Å². The van der Waals surface area contributed by atoms with E-state index in [1.54, 1.807) is 0 Å². The highest BCUT2D eigenvalue weighted by Crippen LogP contribution is 2.17. The number of ether oxygens (including phenoxy) is 1. The molecule has 0 aromatic rings. The molecule has 1 fully saturated rings. The van der Waals surface area contributed by atoms with E-state index in [0.717, 1.165) is 19.4 Å². The lowest BCUT2D eigenvalue weighted by Crippen LogP contribution is -2.48. The SMILES string of the molecule is CCOC(=O)C1CCCN(CC(=O)NC(C)(C)C)C1. The molecule has 0 aromatic carbocycles. The van der Waals surface area contributed by atoms with E-state index in [2.05, 4.69) is 5.32 Å². The van der Waals surface area contributed by atoms with Crippen LogP contribution in [0, 0.1) is 5.92 Å². The molecule has 0 spiro atoms. The fourth-order valence-electron chi connectivity index (χ4n) is 2.31. The zero-order valence-corrected chi connectivity index (χ0v) is 12.5. The summed E-state index contributed by atoms with van der Waals surface area (Å²) < 4.78 is 5.05. The van der Waals surface area contributed by atoms with Gasteiger partial charge in [0.15, 0.2) is 0 Å². The van der Waals surface area contributed by atoms with E-state index in [9.17, 15) is 9.59 Å². The second kappa shape index (κ2) is 6.89. The van der Waals surface area contributed by atoms with E-state index in [0.29, 0.717) is 19.7 Å². The Morgan fingerprint density at radius 1 is 1.37 bits per heavy atom. The average Bonchev–Trinajstić information content (AvgIpc) is 2.27. The number of nitrogens with zero attached hydrogens (tertiary/aromatic N) is 1. The number of amides is 1. The van der Waals surface area contributed by atoms with Crippen LogP contribution in [0.5, 0.6) is 0 Å². The highest BCUT2D eigenvalue weighted by molar-refractivity contribution is 5.79. The number of hydrogen-bond donors (Lipinski definition) is 1. The molecule has 110 valence electrons. The van der Waals surface area contributed by atoms with Crippen LogP contribution in [0.1, 0.15) is 40.5 Å². The van der Waals surface area contributed by atoms with Crippen LogP contribution < -0.4 is 5.32 Å². The molecule has 1 N–H and O–H groups in total. The molecular formula is C14H26N2O3. The molecule has 1 rings (SSSR count). The maximum absolute atomic E-state index is 11.9. The lowest BCUT2D eigenvalue weighted by molar-refractivity contribution is -0.150. The third-order valence-electron chi connectivity index (χ3n) is 3.01. The van der Waals surface area contributed by atoms with Gasteiger partial charge in [0.05, 0.1) is 19.1 Å². The smallest absolute Gasteiger partial charge is 0.310 e. The first kappa shape index (κ1) is 16.0. The summed E-state index contributed by atoms with van der Waals surface area (Å²) in [5.41, 5.74) is -0.215. The van der Waals surface area contributed by atoms with Crippen LogP contribution >= 0.6 is 0 Å². The van der Waals surface area contributed by atoms with Crippen molar-refractivity contribution < 1.29 is 14.3 Å². The van der Waals surface area contributed by atoms with Gasteiger partial charge >= 0.3 is 5.97 Å². The van der Waals surface area contributed by atoms with Crippen LogP contribution in [0.2, 0.25) is 0 Å². The van der Waals surface area contributed by atoms with Crippen LogP contribution in [0.25, 0.3) is 0 Å². The largest absolute Gasteiger partial charge is 0.466 e. The summed E-state index contributed by atoms with van der Waals surface area (Å²) in [6, 6.07) is 0. The van der Waals surface area contributed by atoms with Crippen molar-refractivity contribution in [3.8, 4) is 0 Å². The van der Waals surface area contributed by atoms with Crippen molar-refractivity contribution in [2.45, 2.75) is 46.1 Å². The summed E-state index contributed by atoms with van der Waals surface area (Å²) in [6.45, 7) is 9.96. The molecule has 0 radical (unpaired) electrons. The minimum Gasteiger partial charge on any atom is -0.466 e. The minimum absolute atomic E-state index is 0.0111.